The van der Waals surface area contributed by atoms with Crippen LogP contribution < -0.4 is 4.90 Å². The van der Waals surface area contributed by atoms with Gasteiger partial charge in [-0.05, 0) is 109 Å². The Labute approximate surface area is 295 Å². The normalized spacial score (nSPS) is 15.5. The zero-order valence-corrected chi connectivity index (χ0v) is 27.6. The van der Waals surface area contributed by atoms with E-state index >= 15 is 0 Å². The summed E-state index contributed by atoms with van der Waals surface area (Å²) < 4.78 is 6.44. The highest BCUT2D eigenvalue weighted by Crippen LogP contribution is 2.70. The first kappa shape index (κ1) is 27.2. The summed E-state index contributed by atoms with van der Waals surface area (Å²) in [6.45, 7) is 0. The number of para-hydroxylation sites is 1. The topological polar surface area (TPSA) is 16.4 Å². The lowest BCUT2D eigenvalue weighted by Crippen LogP contribution is -2.23. The van der Waals surface area contributed by atoms with Gasteiger partial charge in [-0.15, -0.1) is 0 Å². The number of hydrogen-bond donors (Lipinski definition) is 0. The standard InChI is InChI=1S/C49H29NO/c1-2-11-30(12-3-1)31-23-25-32(26-24-31)50(43-20-10-22-45-46(43)40-14-5-7-21-44(40)51-45)33-27-28-35-37-16-9-18-39-38-17-8-15-36-34-13-4-6-19-41(34)49(47(36)38,48(37)39)42(35)29-33/h1-29H. The van der Waals surface area contributed by atoms with Crippen molar-refractivity contribution >= 4 is 39.0 Å². The minimum absolute atomic E-state index is 0.350. The van der Waals surface area contributed by atoms with Crippen molar-refractivity contribution in [1.29, 1.82) is 0 Å². The van der Waals surface area contributed by atoms with Crippen LogP contribution in [0.3, 0.4) is 0 Å². The second-order valence-corrected chi connectivity index (χ2v) is 14.0. The Balaban J connectivity index is 1.15. The molecular formula is C49H29NO. The van der Waals surface area contributed by atoms with Gasteiger partial charge >= 0.3 is 0 Å². The Morgan fingerprint density at radius 1 is 0.392 bits per heavy atom. The molecule has 0 N–H and O–H groups in total. The van der Waals surface area contributed by atoms with Gasteiger partial charge in [-0.25, -0.2) is 0 Å². The van der Waals surface area contributed by atoms with Crippen LogP contribution in [-0.4, -0.2) is 0 Å². The number of hydrogen-bond acceptors (Lipinski definition) is 2. The molecule has 236 valence electrons. The van der Waals surface area contributed by atoms with Gasteiger partial charge in [-0.3, -0.25) is 0 Å². The summed E-state index contributed by atoms with van der Waals surface area (Å²) >= 11 is 0. The number of fused-ring (bicyclic) bond motifs is 8. The molecule has 1 unspecified atom stereocenters. The first-order chi connectivity index (χ1) is 25.3. The summed E-state index contributed by atoms with van der Waals surface area (Å²) in [5, 5.41) is 2.23. The predicted molar refractivity (Wildman–Crippen MR) is 209 cm³/mol. The Bertz CT molecular complexity index is 2880. The van der Waals surface area contributed by atoms with Crippen molar-refractivity contribution < 1.29 is 4.42 Å². The van der Waals surface area contributed by atoms with Crippen molar-refractivity contribution in [3.63, 3.8) is 0 Å². The van der Waals surface area contributed by atoms with E-state index in [0.29, 0.717) is 0 Å². The Kier molecular flexibility index (Phi) is 5.20. The van der Waals surface area contributed by atoms with Gasteiger partial charge in [-0.2, -0.15) is 0 Å². The molecule has 0 amide bonds. The van der Waals surface area contributed by atoms with Gasteiger partial charge < -0.3 is 9.32 Å². The molecule has 1 atom stereocenters. The lowest BCUT2D eigenvalue weighted by atomic mass is 9.73. The molecule has 2 heteroatoms. The monoisotopic (exact) mass is 647 g/mol. The molecule has 0 aliphatic heterocycles. The molecular weight excluding hydrogens is 619 g/mol. The van der Waals surface area contributed by atoms with Crippen molar-refractivity contribution in [2.24, 2.45) is 0 Å². The fourth-order valence-electron chi connectivity index (χ4n) is 9.68. The SMILES string of the molecule is c1ccc(-c2ccc(N(c3ccc4c(c3)C35c6ccccc6-c6cccc(c63)-c3cccc-4c35)c3cccc4oc5ccccc5c34)cc2)cc1. The molecule has 3 aliphatic rings. The summed E-state index contributed by atoms with van der Waals surface area (Å²) in [4.78, 5) is 2.43. The molecule has 3 aliphatic carbocycles. The van der Waals surface area contributed by atoms with Crippen LogP contribution >= 0.6 is 0 Å². The van der Waals surface area contributed by atoms with Crippen LogP contribution in [0, 0.1) is 0 Å². The summed E-state index contributed by atoms with van der Waals surface area (Å²) in [7, 11) is 0. The first-order valence-electron chi connectivity index (χ1n) is 17.7. The second kappa shape index (κ2) is 9.74. The van der Waals surface area contributed by atoms with Crippen molar-refractivity contribution in [3.8, 4) is 44.5 Å². The van der Waals surface area contributed by atoms with Crippen LogP contribution in [0.1, 0.15) is 22.3 Å². The molecule has 0 saturated heterocycles. The van der Waals surface area contributed by atoms with Crippen LogP contribution in [0.5, 0.6) is 0 Å². The molecule has 8 aromatic carbocycles. The van der Waals surface area contributed by atoms with E-state index in [4.69, 9.17) is 4.42 Å². The fraction of sp³-hybridized carbons (Fsp3) is 0.0204. The van der Waals surface area contributed by atoms with Gasteiger partial charge in [0.15, 0.2) is 0 Å². The van der Waals surface area contributed by atoms with Gasteiger partial charge in [0.1, 0.15) is 11.2 Å². The molecule has 51 heavy (non-hydrogen) atoms. The highest BCUT2D eigenvalue weighted by Gasteiger charge is 2.57. The summed E-state index contributed by atoms with van der Waals surface area (Å²) in [6, 6.07) is 64.5. The van der Waals surface area contributed by atoms with E-state index in [2.05, 4.69) is 175 Å². The molecule has 1 spiro atoms. The van der Waals surface area contributed by atoms with Gasteiger partial charge in [0.05, 0.1) is 16.5 Å². The van der Waals surface area contributed by atoms with Crippen LogP contribution in [0.4, 0.5) is 17.1 Å². The molecule has 1 heterocycles. The van der Waals surface area contributed by atoms with Gasteiger partial charge in [-0.1, -0.05) is 133 Å². The maximum atomic E-state index is 6.44. The fourth-order valence-corrected chi connectivity index (χ4v) is 9.68. The Morgan fingerprint density at radius 3 is 1.75 bits per heavy atom. The first-order valence-corrected chi connectivity index (χ1v) is 17.7. The zero-order chi connectivity index (χ0) is 33.3. The predicted octanol–water partition coefficient (Wildman–Crippen LogP) is 13.0. The zero-order valence-electron chi connectivity index (χ0n) is 27.6. The van der Waals surface area contributed by atoms with Gasteiger partial charge in [0, 0.05) is 16.8 Å². The molecule has 0 bridgehead atoms. The number of nitrogens with zero attached hydrogens (tertiary/aromatic N) is 1. The van der Waals surface area contributed by atoms with E-state index in [1.54, 1.807) is 0 Å². The lowest BCUT2D eigenvalue weighted by Gasteiger charge is -2.30. The number of benzene rings is 8. The molecule has 0 radical (unpaired) electrons. The highest BCUT2D eigenvalue weighted by atomic mass is 16.3. The lowest BCUT2D eigenvalue weighted by molar-refractivity contribution is 0.669. The third-order valence-electron chi connectivity index (χ3n) is 11.6. The number of rotatable bonds is 4. The van der Waals surface area contributed by atoms with Crippen LogP contribution in [0.2, 0.25) is 0 Å². The van der Waals surface area contributed by atoms with E-state index < -0.39 is 0 Å². The second-order valence-electron chi connectivity index (χ2n) is 14.0. The molecule has 12 rings (SSSR count). The van der Waals surface area contributed by atoms with E-state index in [-0.39, 0.29) is 5.41 Å². The maximum absolute atomic E-state index is 6.44. The Morgan fingerprint density at radius 2 is 0.961 bits per heavy atom. The molecule has 0 saturated carbocycles. The van der Waals surface area contributed by atoms with E-state index in [1.807, 2.05) is 6.07 Å². The van der Waals surface area contributed by atoms with Crippen molar-refractivity contribution in [3.05, 3.63) is 198 Å². The molecule has 0 fully saturated rings. The van der Waals surface area contributed by atoms with E-state index in [9.17, 15) is 0 Å². The van der Waals surface area contributed by atoms with E-state index in [0.717, 1.165) is 39.0 Å². The summed E-state index contributed by atoms with van der Waals surface area (Å²) in [6.07, 6.45) is 0. The highest BCUT2D eigenvalue weighted by molar-refractivity contribution is 6.14. The average molecular weight is 648 g/mol. The largest absolute Gasteiger partial charge is 0.456 e. The molecule has 9 aromatic rings. The quantitative estimate of drug-likeness (QED) is 0.189. The number of anilines is 3. The minimum atomic E-state index is -0.350. The van der Waals surface area contributed by atoms with Crippen LogP contribution in [-0.2, 0) is 5.41 Å². The molecule has 2 nitrogen and oxygen atoms in total. The molecule has 1 aromatic heterocycles. The van der Waals surface area contributed by atoms with Gasteiger partial charge in [0.25, 0.3) is 0 Å². The minimum Gasteiger partial charge on any atom is -0.456 e. The third-order valence-corrected chi connectivity index (χ3v) is 11.6. The van der Waals surface area contributed by atoms with Crippen molar-refractivity contribution in [1.82, 2.24) is 0 Å². The van der Waals surface area contributed by atoms with Gasteiger partial charge in [0.2, 0.25) is 0 Å². The van der Waals surface area contributed by atoms with E-state index in [1.165, 1.54) is 66.8 Å². The average Bonchev–Trinajstić information content (AvgIpc) is 3.91. The maximum Gasteiger partial charge on any atom is 0.137 e. The van der Waals surface area contributed by atoms with Crippen LogP contribution in [0.25, 0.3) is 66.4 Å². The van der Waals surface area contributed by atoms with Crippen LogP contribution in [0.15, 0.2) is 180 Å². The summed E-state index contributed by atoms with van der Waals surface area (Å²) in [5.74, 6) is 0. The smallest absolute Gasteiger partial charge is 0.137 e. The summed E-state index contributed by atoms with van der Waals surface area (Å²) in [5.41, 5.74) is 20.8. The Hall–Kier alpha value is -6.64. The number of furan rings is 1. The third kappa shape index (κ3) is 3.37. The van der Waals surface area contributed by atoms with Crippen molar-refractivity contribution in [2.45, 2.75) is 5.41 Å². The van der Waals surface area contributed by atoms with Crippen molar-refractivity contribution in [2.75, 3.05) is 4.90 Å².